The molecule has 0 radical (unpaired) electrons. The Morgan fingerprint density at radius 1 is 1.18 bits per heavy atom. The summed E-state index contributed by atoms with van der Waals surface area (Å²) in [5.74, 6) is 0.947. The van der Waals surface area contributed by atoms with Crippen molar-refractivity contribution in [1.82, 2.24) is 4.98 Å². The topological polar surface area (TPSA) is 12.9 Å². The van der Waals surface area contributed by atoms with Crippen LogP contribution in [0.25, 0.3) is 0 Å². The molecule has 0 aliphatic heterocycles. The first kappa shape index (κ1) is 12.9. The first-order valence-electron chi connectivity index (χ1n) is 6.87. The SMILES string of the molecule is ClC(CCC1CCCCC1)Cc1ccncc1. The fourth-order valence-electron chi connectivity index (χ4n) is 2.77. The molecule has 17 heavy (non-hydrogen) atoms. The Kier molecular flexibility index (Phi) is 5.31. The van der Waals surface area contributed by atoms with Gasteiger partial charge in [0.25, 0.3) is 0 Å². The summed E-state index contributed by atoms with van der Waals surface area (Å²) in [6.07, 6.45) is 14.3. The fourth-order valence-corrected chi connectivity index (χ4v) is 3.07. The highest BCUT2D eigenvalue weighted by Gasteiger charge is 2.15. The van der Waals surface area contributed by atoms with E-state index in [0.29, 0.717) is 5.38 Å². The zero-order chi connectivity index (χ0) is 11.9. The van der Waals surface area contributed by atoms with Crippen molar-refractivity contribution in [3.63, 3.8) is 0 Å². The summed E-state index contributed by atoms with van der Waals surface area (Å²) in [6.45, 7) is 0. The number of hydrogen-bond acceptors (Lipinski definition) is 1. The van der Waals surface area contributed by atoms with Crippen molar-refractivity contribution in [3.8, 4) is 0 Å². The third-order valence-corrected chi connectivity index (χ3v) is 4.19. The molecule has 1 saturated carbocycles. The molecule has 0 N–H and O–H groups in total. The summed E-state index contributed by atoms with van der Waals surface area (Å²) in [5, 5.41) is 0.291. The molecule has 0 spiro atoms. The van der Waals surface area contributed by atoms with E-state index in [1.54, 1.807) is 0 Å². The van der Waals surface area contributed by atoms with Gasteiger partial charge in [-0.1, -0.05) is 32.1 Å². The lowest BCUT2D eigenvalue weighted by molar-refractivity contribution is 0.330. The second-order valence-corrected chi connectivity index (χ2v) is 5.86. The van der Waals surface area contributed by atoms with E-state index in [-0.39, 0.29) is 0 Å². The molecule has 0 aromatic carbocycles. The van der Waals surface area contributed by atoms with Gasteiger partial charge in [0.05, 0.1) is 0 Å². The van der Waals surface area contributed by atoms with Crippen LogP contribution in [0.1, 0.15) is 50.5 Å². The maximum atomic E-state index is 6.41. The molecule has 1 aromatic rings. The molecule has 2 heteroatoms. The summed E-state index contributed by atoms with van der Waals surface area (Å²) in [7, 11) is 0. The summed E-state index contributed by atoms with van der Waals surface area (Å²) >= 11 is 6.41. The number of pyridine rings is 1. The third-order valence-electron chi connectivity index (χ3n) is 3.82. The number of rotatable bonds is 5. The fraction of sp³-hybridized carbons (Fsp3) is 0.667. The predicted octanol–water partition coefficient (Wildman–Crippen LogP) is 4.59. The molecule has 0 amide bonds. The van der Waals surface area contributed by atoms with Gasteiger partial charge in [0.1, 0.15) is 0 Å². The second-order valence-electron chi connectivity index (χ2n) is 5.24. The molecule has 1 nitrogen and oxygen atoms in total. The van der Waals surface area contributed by atoms with Gasteiger partial charge < -0.3 is 0 Å². The molecular weight excluding hydrogens is 230 g/mol. The quantitative estimate of drug-likeness (QED) is 0.698. The summed E-state index contributed by atoms with van der Waals surface area (Å²) in [5.41, 5.74) is 1.31. The smallest absolute Gasteiger partial charge is 0.0376 e. The predicted molar refractivity (Wildman–Crippen MR) is 73.4 cm³/mol. The van der Waals surface area contributed by atoms with Crippen LogP contribution in [-0.4, -0.2) is 10.4 Å². The highest BCUT2D eigenvalue weighted by molar-refractivity contribution is 6.20. The van der Waals surface area contributed by atoms with Crippen molar-refractivity contribution >= 4 is 11.6 Å². The Bertz CT molecular complexity index is 306. The standard InChI is InChI=1S/C15H22ClN/c16-15(12-14-8-10-17-11-9-14)7-6-13-4-2-1-3-5-13/h8-11,13,15H,1-7,12H2. The Hall–Kier alpha value is -0.560. The molecule has 1 aliphatic carbocycles. The van der Waals surface area contributed by atoms with Gasteiger partial charge in [0.15, 0.2) is 0 Å². The van der Waals surface area contributed by atoms with Crippen LogP contribution in [0.5, 0.6) is 0 Å². The summed E-state index contributed by atoms with van der Waals surface area (Å²) in [4.78, 5) is 4.03. The molecule has 0 bridgehead atoms. The molecule has 2 rings (SSSR count). The number of halogens is 1. The van der Waals surface area contributed by atoms with E-state index in [9.17, 15) is 0 Å². The van der Waals surface area contributed by atoms with Crippen LogP contribution >= 0.6 is 11.6 Å². The van der Waals surface area contributed by atoms with E-state index in [2.05, 4.69) is 17.1 Å². The van der Waals surface area contributed by atoms with E-state index >= 15 is 0 Å². The zero-order valence-corrected chi connectivity index (χ0v) is 11.2. The normalized spacial score (nSPS) is 19.1. The molecule has 1 unspecified atom stereocenters. The van der Waals surface area contributed by atoms with Gasteiger partial charge in [-0.15, -0.1) is 11.6 Å². The van der Waals surface area contributed by atoms with Crippen LogP contribution < -0.4 is 0 Å². The van der Waals surface area contributed by atoms with Crippen LogP contribution in [0.4, 0.5) is 0 Å². The minimum absolute atomic E-state index is 0.291. The Morgan fingerprint density at radius 2 is 1.88 bits per heavy atom. The third kappa shape index (κ3) is 4.67. The van der Waals surface area contributed by atoms with E-state index < -0.39 is 0 Å². The Balaban J connectivity index is 1.68. The van der Waals surface area contributed by atoms with E-state index in [1.807, 2.05) is 12.4 Å². The molecule has 1 atom stereocenters. The number of alkyl halides is 1. The lowest BCUT2D eigenvalue weighted by Crippen LogP contribution is -2.10. The van der Waals surface area contributed by atoms with Crippen molar-refractivity contribution in [2.45, 2.75) is 56.7 Å². The monoisotopic (exact) mass is 251 g/mol. The second kappa shape index (κ2) is 7.00. The first-order valence-corrected chi connectivity index (χ1v) is 7.31. The van der Waals surface area contributed by atoms with Crippen LogP contribution in [0.3, 0.4) is 0 Å². The van der Waals surface area contributed by atoms with Crippen molar-refractivity contribution in [2.75, 3.05) is 0 Å². The first-order chi connectivity index (χ1) is 8.34. The Morgan fingerprint density at radius 3 is 2.59 bits per heavy atom. The lowest BCUT2D eigenvalue weighted by atomic mass is 9.85. The highest BCUT2D eigenvalue weighted by Crippen LogP contribution is 2.28. The van der Waals surface area contributed by atoms with Crippen LogP contribution in [0.15, 0.2) is 24.5 Å². The van der Waals surface area contributed by atoms with E-state index in [1.165, 1.54) is 44.1 Å². The van der Waals surface area contributed by atoms with Crippen LogP contribution in [-0.2, 0) is 6.42 Å². The van der Waals surface area contributed by atoms with E-state index in [4.69, 9.17) is 11.6 Å². The maximum absolute atomic E-state index is 6.41. The Labute approximate surface area is 110 Å². The average molecular weight is 252 g/mol. The molecule has 1 fully saturated rings. The molecule has 0 saturated heterocycles. The van der Waals surface area contributed by atoms with Crippen LogP contribution in [0, 0.1) is 5.92 Å². The van der Waals surface area contributed by atoms with Gasteiger partial charge >= 0.3 is 0 Å². The van der Waals surface area contributed by atoms with Gasteiger partial charge in [-0.05, 0) is 42.9 Å². The molecule has 1 aromatic heterocycles. The van der Waals surface area contributed by atoms with E-state index in [0.717, 1.165) is 18.8 Å². The van der Waals surface area contributed by atoms with Crippen molar-refractivity contribution < 1.29 is 0 Å². The van der Waals surface area contributed by atoms with Crippen molar-refractivity contribution in [1.29, 1.82) is 0 Å². The van der Waals surface area contributed by atoms with Gasteiger partial charge in [0, 0.05) is 17.8 Å². The highest BCUT2D eigenvalue weighted by atomic mass is 35.5. The molecule has 94 valence electrons. The minimum atomic E-state index is 0.291. The van der Waals surface area contributed by atoms with Gasteiger partial charge in [-0.2, -0.15) is 0 Å². The van der Waals surface area contributed by atoms with Crippen molar-refractivity contribution in [3.05, 3.63) is 30.1 Å². The molecule has 1 aliphatic rings. The van der Waals surface area contributed by atoms with Gasteiger partial charge in [-0.3, -0.25) is 4.98 Å². The zero-order valence-electron chi connectivity index (χ0n) is 10.4. The number of hydrogen-bond donors (Lipinski definition) is 0. The number of aromatic nitrogens is 1. The van der Waals surface area contributed by atoms with Crippen LogP contribution in [0.2, 0.25) is 0 Å². The maximum Gasteiger partial charge on any atom is 0.0376 e. The molecular formula is C15H22ClN. The summed E-state index contributed by atoms with van der Waals surface area (Å²) in [6, 6.07) is 4.13. The largest absolute Gasteiger partial charge is 0.265 e. The lowest BCUT2D eigenvalue weighted by Gasteiger charge is -2.22. The van der Waals surface area contributed by atoms with Gasteiger partial charge in [-0.25, -0.2) is 0 Å². The minimum Gasteiger partial charge on any atom is -0.265 e. The number of nitrogens with zero attached hydrogens (tertiary/aromatic N) is 1. The van der Waals surface area contributed by atoms with Gasteiger partial charge in [0.2, 0.25) is 0 Å². The summed E-state index contributed by atoms with van der Waals surface area (Å²) < 4.78 is 0. The van der Waals surface area contributed by atoms with Crippen molar-refractivity contribution in [2.24, 2.45) is 5.92 Å². The molecule has 1 heterocycles. The average Bonchev–Trinajstić information content (AvgIpc) is 2.39.